The van der Waals surface area contributed by atoms with E-state index in [-0.39, 0.29) is 24.9 Å². The van der Waals surface area contributed by atoms with Gasteiger partial charge in [-0.1, -0.05) is 0 Å². The van der Waals surface area contributed by atoms with Gasteiger partial charge in [-0.2, -0.15) is 10.2 Å². The number of anilines is 2. The van der Waals surface area contributed by atoms with E-state index in [0.29, 0.717) is 42.7 Å². The quantitative estimate of drug-likeness (QED) is 0.112. The highest BCUT2D eigenvalue weighted by molar-refractivity contribution is 6.10. The molecule has 0 aliphatic carbocycles. The summed E-state index contributed by atoms with van der Waals surface area (Å²) >= 11 is 0. The van der Waals surface area contributed by atoms with E-state index in [0.717, 1.165) is 51.8 Å². The molecule has 0 radical (unpaired) electrons. The summed E-state index contributed by atoms with van der Waals surface area (Å²) in [5.74, 6) is -6.45. The van der Waals surface area contributed by atoms with Crippen molar-refractivity contribution >= 4 is 56.9 Å². The first-order valence-corrected chi connectivity index (χ1v) is 17.0. The average Bonchev–Trinajstić information content (AvgIpc) is 3.96. The third-order valence-electron chi connectivity index (χ3n) is 9.04. The molecule has 55 heavy (non-hydrogen) atoms. The minimum Gasteiger partial charge on any atom is -0.481 e. The van der Waals surface area contributed by atoms with Crippen molar-refractivity contribution in [2.45, 2.75) is 25.9 Å². The number of benzene rings is 4. The van der Waals surface area contributed by atoms with E-state index in [1.54, 1.807) is 29.4 Å². The summed E-state index contributed by atoms with van der Waals surface area (Å²) in [6, 6.07) is 17.2. The van der Waals surface area contributed by atoms with Crippen LogP contribution in [0.25, 0.3) is 21.8 Å². The summed E-state index contributed by atoms with van der Waals surface area (Å²) in [6.45, 7) is 0.987. The zero-order chi connectivity index (χ0) is 39.2. The van der Waals surface area contributed by atoms with Gasteiger partial charge in [0.25, 0.3) is 0 Å². The molecule has 284 valence electrons. The molecule has 2 atom stereocenters. The van der Waals surface area contributed by atoms with Gasteiger partial charge in [-0.15, -0.1) is 0 Å². The molecule has 2 saturated heterocycles. The topological polar surface area (TPSA) is 190 Å². The van der Waals surface area contributed by atoms with Gasteiger partial charge in [0.15, 0.2) is 0 Å². The van der Waals surface area contributed by atoms with E-state index >= 15 is 0 Å². The first kappa shape index (κ1) is 38.1. The van der Waals surface area contributed by atoms with Crippen LogP contribution in [0.5, 0.6) is 0 Å². The lowest BCUT2D eigenvalue weighted by Gasteiger charge is -2.17. The molecular weight excluding hydrogens is 724 g/mol. The molecule has 0 saturated carbocycles. The van der Waals surface area contributed by atoms with Crippen molar-refractivity contribution in [2.75, 3.05) is 22.9 Å². The summed E-state index contributed by atoms with van der Waals surface area (Å²) in [5, 5.41) is 26.8. The van der Waals surface area contributed by atoms with Crippen molar-refractivity contribution in [1.29, 1.82) is 0 Å². The fraction of sp³-hybridized carbons (Fsp3) is 0.211. The Balaban J connectivity index is 0.000000157. The monoisotopic (exact) mass is 758 g/mol. The number of nitrogens with two attached hydrogens (primary N) is 1. The van der Waals surface area contributed by atoms with Gasteiger partial charge in [-0.25, -0.2) is 17.6 Å². The summed E-state index contributed by atoms with van der Waals surface area (Å²) in [5.41, 5.74) is 9.10. The Morgan fingerprint density at radius 2 is 1.16 bits per heavy atom. The standard InChI is InChI=1S/C19H16F2N4O2.C12H11N3O3.C7H7F2N/c20-13-5-11(6-14(21)8-13)9-22-18(26)16-3-4-25(19(16)27)15-1-2-17-12(7-15)10-23-24-17;16-11-9(12(17)18)3-4-15(11)8-1-2-10-7(5-8)6-13-14-10;8-6-1-5(4-10)2-7(9)3-6/h1-2,5-8,10,16H,3-4,9H2,(H,22,26)(H,23,24);1-2,5-6,9H,3-4H2,(H,13,14)(H,17,18);1-3H,4,10H2. The maximum Gasteiger partial charge on any atom is 0.316 e. The molecule has 2 fully saturated rings. The van der Waals surface area contributed by atoms with Crippen LogP contribution in [0.1, 0.15) is 24.0 Å². The first-order chi connectivity index (χ1) is 26.4. The maximum absolute atomic E-state index is 13.2. The van der Waals surface area contributed by atoms with Crippen molar-refractivity contribution in [3.63, 3.8) is 0 Å². The Morgan fingerprint density at radius 1 is 0.709 bits per heavy atom. The van der Waals surface area contributed by atoms with Crippen LogP contribution in [0.3, 0.4) is 0 Å². The summed E-state index contributed by atoms with van der Waals surface area (Å²) in [6.07, 6.45) is 4.08. The molecule has 2 aliphatic rings. The smallest absolute Gasteiger partial charge is 0.316 e. The molecule has 3 amide bonds. The molecule has 2 aliphatic heterocycles. The van der Waals surface area contributed by atoms with Crippen LogP contribution in [0.2, 0.25) is 0 Å². The number of aromatic nitrogens is 4. The Morgan fingerprint density at radius 3 is 1.62 bits per heavy atom. The molecule has 6 N–H and O–H groups in total. The van der Waals surface area contributed by atoms with E-state index in [1.807, 2.05) is 24.3 Å². The number of hydrogen-bond donors (Lipinski definition) is 5. The van der Waals surface area contributed by atoms with Crippen molar-refractivity contribution in [1.82, 2.24) is 25.7 Å². The second-order valence-electron chi connectivity index (χ2n) is 12.8. The highest BCUT2D eigenvalue weighted by atomic mass is 19.1. The fourth-order valence-corrected chi connectivity index (χ4v) is 6.30. The number of aliphatic carboxylic acids is 1. The number of aromatic amines is 2. The number of amides is 3. The molecule has 2 aromatic heterocycles. The van der Waals surface area contributed by atoms with Crippen molar-refractivity contribution in [2.24, 2.45) is 17.6 Å². The molecular formula is C38H34F4N8O5. The molecule has 2 unspecified atom stereocenters. The van der Waals surface area contributed by atoms with E-state index in [2.05, 4.69) is 25.7 Å². The number of nitrogens with one attached hydrogen (secondary N) is 3. The van der Waals surface area contributed by atoms with Gasteiger partial charge < -0.3 is 26.0 Å². The highest BCUT2D eigenvalue weighted by Gasteiger charge is 2.38. The van der Waals surface area contributed by atoms with Crippen LogP contribution in [-0.2, 0) is 32.3 Å². The molecule has 17 heteroatoms. The number of H-pyrrole nitrogens is 2. The average molecular weight is 759 g/mol. The van der Waals surface area contributed by atoms with E-state index < -0.39 is 47.0 Å². The minimum absolute atomic E-state index is 0.0434. The number of carboxylic acids is 1. The van der Waals surface area contributed by atoms with Crippen LogP contribution in [-0.4, -0.2) is 62.3 Å². The third kappa shape index (κ3) is 8.96. The lowest BCUT2D eigenvalue weighted by atomic mass is 10.1. The molecule has 8 rings (SSSR count). The van der Waals surface area contributed by atoms with Gasteiger partial charge in [-0.3, -0.25) is 29.4 Å². The number of hydrogen-bond acceptors (Lipinski definition) is 7. The number of carbonyl (C=O) groups excluding carboxylic acids is 3. The molecule has 0 spiro atoms. The molecule has 4 heterocycles. The van der Waals surface area contributed by atoms with Crippen LogP contribution < -0.4 is 20.9 Å². The normalized spacial score (nSPS) is 16.5. The summed E-state index contributed by atoms with van der Waals surface area (Å²) in [4.78, 5) is 51.0. The predicted octanol–water partition coefficient (Wildman–Crippen LogP) is 4.93. The number of fused-ring (bicyclic) bond motifs is 2. The SMILES string of the molecule is NCc1cc(F)cc(F)c1.O=C(NCc1cc(F)cc(F)c1)C1CCN(c2ccc3[nH]ncc3c2)C1=O.O=C(O)C1CCN(c2ccc3[nH]ncc3c2)C1=O. The first-order valence-electron chi connectivity index (χ1n) is 17.0. The van der Waals surface area contributed by atoms with Crippen LogP contribution in [0.15, 0.2) is 85.2 Å². The molecule has 4 aromatic carbocycles. The number of carbonyl (C=O) groups is 4. The van der Waals surface area contributed by atoms with Crippen molar-refractivity contribution < 1.29 is 41.8 Å². The Hall–Kier alpha value is -6.62. The Kier molecular flexibility index (Phi) is 11.5. The van der Waals surface area contributed by atoms with E-state index in [9.17, 15) is 36.7 Å². The van der Waals surface area contributed by atoms with Gasteiger partial charge in [0, 0.05) is 60.5 Å². The van der Waals surface area contributed by atoms with Crippen molar-refractivity contribution in [3.05, 3.63) is 120 Å². The number of carboxylic acid groups (broad SMARTS) is 1. The van der Waals surface area contributed by atoms with E-state index in [4.69, 9.17) is 10.8 Å². The lowest BCUT2D eigenvalue weighted by molar-refractivity contribution is -0.145. The molecule has 13 nitrogen and oxygen atoms in total. The van der Waals surface area contributed by atoms with E-state index in [1.165, 1.54) is 17.0 Å². The number of rotatable bonds is 7. The Labute approximate surface area is 310 Å². The minimum atomic E-state index is -1.05. The molecule has 6 aromatic rings. The zero-order valence-corrected chi connectivity index (χ0v) is 28.9. The van der Waals surface area contributed by atoms with Crippen molar-refractivity contribution in [3.8, 4) is 0 Å². The fourth-order valence-electron chi connectivity index (χ4n) is 6.30. The zero-order valence-electron chi connectivity index (χ0n) is 28.9. The predicted molar refractivity (Wildman–Crippen MR) is 193 cm³/mol. The van der Waals surface area contributed by atoms with Gasteiger partial charge in [0.1, 0.15) is 35.1 Å². The molecule has 0 bridgehead atoms. The summed E-state index contributed by atoms with van der Waals surface area (Å²) < 4.78 is 51.1. The van der Waals surface area contributed by atoms with Gasteiger partial charge >= 0.3 is 5.97 Å². The second-order valence-corrected chi connectivity index (χ2v) is 12.8. The third-order valence-corrected chi connectivity index (χ3v) is 9.04. The van der Waals surface area contributed by atoms with Crippen LogP contribution in [0.4, 0.5) is 28.9 Å². The maximum atomic E-state index is 13.2. The Bertz CT molecular complexity index is 2340. The van der Waals surface area contributed by atoms with Gasteiger partial charge in [0.05, 0.1) is 23.4 Å². The number of nitrogens with zero attached hydrogens (tertiary/aromatic N) is 4. The largest absolute Gasteiger partial charge is 0.481 e. The number of halogens is 4. The van der Waals surface area contributed by atoms with Gasteiger partial charge in [0.2, 0.25) is 17.7 Å². The second kappa shape index (κ2) is 16.6. The lowest BCUT2D eigenvalue weighted by Crippen LogP contribution is -2.36. The highest BCUT2D eigenvalue weighted by Crippen LogP contribution is 2.29. The van der Waals surface area contributed by atoms with Gasteiger partial charge in [-0.05, 0) is 84.6 Å². The summed E-state index contributed by atoms with van der Waals surface area (Å²) in [7, 11) is 0. The van der Waals surface area contributed by atoms with Crippen LogP contribution >= 0.6 is 0 Å². The van der Waals surface area contributed by atoms with Crippen LogP contribution in [0, 0.1) is 35.1 Å².